The zero-order valence-electron chi connectivity index (χ0n) is 16.9. The second-order valence-corrected chi connectivity index (χ2v) is 10.4. The summed E-state index contributed by atoms with van der Waals surface area (Å²) in [5.74, 6) is 3.21. The Bertz CT molecular complexity index is 571. The van der Waals surface area contributed by atoms with E-state index < -0.39 is 0 Å². The number of aliphatic hydroxyl groups is 1. The minimum absolute atomic E-state index is 0.0266. The third-order valence-electron chi connectivity index (χ3n) is 9.35. The summed E-state index contributed by atoms with van der Waals surface area (Å²) in [5, 5.41) is 20.3. The quantitative estimate of drug-likeness (QED) is 0.777. The molecule has 0 aromatic rings. The largest absolute Gasteiger partial charge is 0.390 e. The lowest BCUT2D eigenvalue weighted by Gasteiger charge is -2.61. The minimum Gasteiger partial charge on any atom is -0.390 e. The van der Waals surface area contributed by atoms with Crippen LogP contribution in [0.3, 0.4) is 0 Å². The van der Waals surface area contributed by atoms with Crippen molar-refractivity contribution in [1.82, 2.24) is 0 Å². The highest BCUT2D eigenvalue weighted by molar-refractivity contribution is 5.13. The maximum atomic E-state index is 10.6. The third-order valence-corrected chi connectivity index (χ3v) is 9.35. The van der Waals surface area contributed by atoms with E-state index in [2.05, 4.69) is 26.8 Å². The van der Waals surface area contributed by atoms with Crippen molar-refractivity contribution in [2.24, 2.45) is 40.4 Å². The highest BCUT2D eigenvalue weighted by atomic mass is 16.5. The molecule has 26 heavy (non-hydrogen) atoms. The van der Waals surface area contributed by atoms with Crippen molar-refractivity contribution in [2.75, 3.05) is 6.61 Å². The number of fused-ring (bicyclic) bond motifs is 5. The highest BCUT2D eigenvalue weighted by Gasteiger charge is 2.61. The lowest BCUT2D eigenvalue weighted by Crippen LogP contribution is -2.57. The van der Waals surface area contributed by atoms with Gasteiger partial charge in [-0.15, -0.1) is 0 Å². The fraction of sp³-hybridized carbons (Fsp3) is 0.957. The van der Waals surface area contributed by atoms with Gasteiger partial charge in [-0.05, 0) is 92.3 Å². The van der Waals surface area contributed by atoms with E-state index in [9.17, 15) is 10.4 Å². The molecule has 4 fully saturated rings. The summed E-state index contributed by atoms with van der Waals surface area (Å²) >= 11 is 0. The Morgan fingerprint density at radius 1 is 1.08 bits per heavy atom. The summed E-state index contributed by atoms with van der Waals surface area (Å²) in [5.41, 5.74) is 0.567. The van der Waals surface area contributed by atoms with Crippen LogP contribution < -0.4 is 0 Å². The molecule has 9 unspecified atom stereocenters. The van der Waals surface area contributed by atoms with E-state index in [1.165, 1.54) is 32.1 Å². The van der Waals surface area contributed by atoms with E-state index in [-0.39, 0.29) is 23.5 Å². The van der Waals surface area contributed by atoms with Gasteiger partial charge in [0.1, 0.15) is 0 Å². The summed E-state index contributed by atoms with van der Waals surface area (Å²) < 4.78 is 6.09. The molecule has 0 spiro atoms. The zero-order chi connectivity index (χ0) is 18.5. The Labute approximate surface area is 159 Å². The van der Waals surface area contributed by atoms with Crippen molar-refractivity contribution >= 4 is 0 Å². The average Bonchev–Trinajstić information content (AvgIpc) is 2.97. The van der Waals surface area contributed by atoms with E-state index >= 15 is 0 Å². The van der Waals surface area contributed by atoms with Crippen molar-refractivity contribution in [1.29, 1.82) is 5.26 Å². The first kappa shape index (κ1) is 18.8. The van der Waals surface area contributed by atoms with Gasteiger partial charge in [-0.2, -0.15) is 5.26 Å². The number of hydrogen-bond acceptors (Lipinski definition) is 3. The molecule has 0 bridgehead atoms. The smallest absolute Gasteiger partial charge is 0.0839 e. The van der Waals surface area contributed by atoms with Gasteiger partial charge in [-0.3, -0.25) is 0 Å². The van der Waals surface area contributed by atoms with Crippen LogP contribution in [-0.4, -0.2) is 23.9 Å². The summed E-state index contributed by atoms with van der Waals surface area (Å²) in [6, 6.07) is 2.65. The molecular formula is C23H37NO2. The van der Waals surface area contributed by atoms with Gasteiger partial charge in [0.15, 0.2) is 0 Å². The number of hydrogen-bond donors (Lipinski definition) is 1. The summed E-state index contributed by atoms with van der Waals surface area (Å²) in [7, 11) is 0. The summed E-state index contributed by atoms with van der Waals surface area (Å²) in [4.78, 5) is 0. The molecule has 1 N–H and O–H groups in total. The Kier molecular flexibility index (Phi) is 4.89. The predicted molar refractivity (Wildman–Crippen MR) is 102 cm³/mol. The first-order valence-corrected chi connectivity index (χ1v) is 11.1. The van der Waals surface area contributed by atoms with Gasteiger partial charge in [0.25, 0.3) is 0 Å². The van der Waals surface area contributed by atoms with Crippen LogP contribution in [0.25, 0.3) is 0 Å². The molecule has 0 heterocycles. The number of ether oxygens (including phenoxy) is 1. The molecule has 0 aromatic carbocycles. The van der Waals surface area contributed by atoms with Crippen LogP contribution in [0.15, 0.2) is 0 Å². The van der Waals surface area contributed by atoms with E-state index in [1.807, 2.05) is 0 Å². The van der Waals surface area contributed by atoms with Crippen molar-refractivity contribution < 1.29 is 9.84 Å². The summed E-state index contributed by atoms with van der Waals surface area (Å²) in [6.45, 7) is 7.84. The van der Waals surface area contributed by atoms with Crippen LogP contribution in [0.4, 0.5) is 0 Å². The topological polar surface area (TPSA) is 53.2 Å². The SMILES string of the molecule is CCCOC1CC2(C)C(CCC3C4CCC(C#N)C4(C)CCC32)CC1O. The standard InChI is InChI=1S/C23H37NO2/c1-4-11-26-21-13-23(3)15(12-20(21)25)5-7-17-18-8-6-16(14-24)22(18,2)10-9-19(17)23/h15-21,25H,4-13H2,1-3H3. The van der Waals surface area contributed by atoms with Crippen molar-refractivity contribution in [3.8, 4) is 6.07 Å². The number of nitriles is 1. The normalized spacial score (nSPS) is 53.3. The van der Waals surface area contributed by atoms with Gasteiger partial charge in [-0.25, -0.2) is 0 Å². The second kappa shape index (κ2) is 6.78. The molecule has 4 saturated carbocycles. The molecule has 9 atom stereocenters. The zero-order valence-corrected chi connectivity index (χ0v) is 16.9. The maximum Gasteiger partial charge on any atom is 0.0839 e. The van der Waals surface area contributed by atoms with Gasteiger partial charge in [0, 0.05) is 6.61 Å². The van der Waals surface area contributed by atoms with Crippen LogP contribution >= 0.6 is 0 Å². The van der Waals surface area contributed by atoms with Crippen molar-refractivity contribution in [2.45, 2.75) is 90.8 Å². The van der Waals surface area contributed by atoms with Crippen molar-refractivity contribution in [3.05, 3.63) is 0 Å². The Morgan fingerprint density at radius 3 is 2.58 bits per heavy atom. The molecule has 3 nitrogen and oxygen atoms in total. The third kappa shape index (κ3) is 2.67. The number of nitrogens with zero attached hydrogens (tertiary/aromatic N) is 1. The summed E-state index contributed by atoms with van der Waals surface area (Å²) in [6.07, 6.45) is 10.2. The Balaban J connectivity index is 1.57. The van der Waals surface area contributed by atoms with E-state index in [0.29, 0.717) is 11.3 Å². The molecule has 0 aliphatic heterocycles. The van der Waals surface area contributed by atoms with Crippen LogP contribution in [-0.2, 0) is 4.74 Å². The van der Waals surface area contributed by atoms with Crippen LogP contribution in [0.2, 0.25) is 0 Å². The number of rotatable bonds is 3. The highest BCUT2D eigenvalue weighted by Crippen LogP contribution is 2.67. The van der Waals surface area contributed by atoms with Gasteiger partial charge >= 0.3 is 0 Å². The monoisotopic (exact) mass is 359 g/mol. The van der Waals surface area contributed by atoms with Gasteiger partial charge in [0.2, 0.25) is 0 Å². The lowest BCUT2D eigenvalue weighted by atomic mass is 9.44. The molecule has 3 heteroatoms. The molecule has 0 radical (unpaired) electrons. The van der Waals surface area contributed by atoms with Gasteiger partial charge < -0.3 is 9.84 Å². The van der Waals surface area contributed by atoms with Gasteiger partial charge in [0.05, 0.1) is 24.2 Å². The molecule has 146 valence electrons. The minimum atomic E-state index is -0.278. The first-order valence-electron chi connectivity index (χ1n) is 11.1. The van der Waals surface area contributed by atoms with E-state index in [4.69, 9.17) is 4.74 Å². The molecular weight excluding hydrogens is 322 g/mol. The molecule has 4 aliphatic rings. The lowest BCUT2D eigenvalue weighted by molar-refractivity contribution is -0.171. The fourth-order valence-corrected chi connectivity index (χ4v) is 7.90. The van der Waals surface area contributed by atoms with Crippen LogP contribution in [0.5, 0.6) is 0 Å². The Hall–Kier alpha value is -0.590. The van der Waals surface area contributed by atoms with Gasteiger partial charge in [-0.1, -0.05) is 20.8 Å². The first-order chi connectivity index (χ1) is 12.4. The van der Waals surface area contributed by atoms with E-state index in [1.54, 1.807) is 0 Å². The maximum absolute atomic E-state index is 10.6. The predicted octanol–water partition coefficient (Wildman–Crippen LogP) is 4.93. The van der Waals surface area contributed by atoms with Crippen LogP contribution in [0, 0.1) is 51.8 Å². The number of aliphatic hydroxyl groups excluding tert-OH is 1. The fourth-order valence-electron chi connectivity index (χ4n) is 7.90. The van der Waals surface area contributed by atoms with Crippen LogP contribution in [0.1, 0.15) is 78.6 Å². The molecule has 0 amide bonds. The second-order valence-electron chi connectivity index (χ2n) is 10.4. The molecule has 4 rings (SSSR count). The van der Waals surface area contributed by atoms with Crippen molar-refractivity contribution in [3.63, 3.8) is 0 Å². The van der Waals surface area contributed by atoms with E-state index in [0.717, 1.165) is 50.0 Å². The molecule has 4 aliphatic carbocycles. The molecule has 0 aromatic heterocycles. The average molecular weight is 360 g/mol. The molecule has 0 saturated heterocycles. The Morgan fingerprint density at radius 2 is 1.85 bits per heavy atom.